The van der Waals surface area contributed by atoms with Crippen molar-refractivity contribution >= 4 is 27.8 Å². The summed E-state index contributed by atoms with van der Waals surface area (Å²) >= 11 is 0. The first-order valence-electron chi connectivity index (χ1n) is 12.5. The zero-order valence-corrected chi connectivity index (χ0v) is 20.5. The summed E-state index contributed by atoms with van der Waals surface area (Å²) in [6, 6.07) is 20.5. The summed E-state index contributed by atoms with van der Waals surface area (Å²) in [5.41, 5.74) is 2.62. The van der Waals surface area contributed by atoms with Gasteiger partial charge in [-0.2, -0.15) is 0 Å². The molecule has 178 valence electrons. The first kappa shape index (κ1) is 22.7. The largest absolute Gasteiger partial charge is 0.460 e. The van der Waals surface area contributed by atoms with Gasteiger partial charge in [0, 0.05) is 41.3 Å². The number of hydrogen-bond donors (Lipinski definition) is 1. The molecule has 0 unspecified atom stereocenters. The van der Waals surface area contributed by atoms with E-state index >= 15 is 0 Å². The number of hydrogen-bond acceptors (Lipinski definition) is 3. The van der Waals surface area contributed by atoms with Crippen molar-refractivity contribution in [2.45, 2.75) is 39.0 Å². The van der Waals surface area contributed by atoms with Gasteiger partial charge in [-0.3, -0.25) is 4.79 Å². The zero-order valence-electron chi connectivity index (χ0n) is 20.5. The molecule has 0 bridgehead atoms. The normalized spacial score (nSPS) is 15.9. The van der Waals surface area contributed by atoms with Crippen LogP contribution in [0.5, 0.6) is 0 Å². The molecule has 1 fully saturated rings. The predicted molar refractivity (Wildman–Crippen MR) is 138 cm³/mol. The van der Waals surface area contributed by atoms with E-state index in [1.165, 1.54) is 5.39 Å². The number of nitrogens with zero attached hydrogens (tertiary/aromatic N) is 2. The number of amides is 1. The Morgan fingerprint density at radius 3 is 2.47 bits per heavy atom. The molecule has 3 heterocycles. The van der Waals surface area contributed by atoms with Gasteiger partial charge in [-0.1, -0.05) is 50.2 Å². The van der Waals surface area contributed by atoms with Crippen molar-refractivity contribution in [1.29, 1.82) is 0 Å². The molecule has 0 atom stereocenters. The minimum atomic E-state index is -0.0487. The van der Waals surface area contributed by atoms with Crippen molar-refractivity contribution in [3.8, 4) is 0 Å². The fourth-order valence-corrected chi connectivity index (χ4v) is 5.31. The molecule has 2 aromatic heterocycles. The van der Waals surface area contributed by atoms with E-state index in [0.29, 0.717) is 11.6 Å². The van der Waals surface area contributed by atoms with Gasteiger partial charge >= 0.3 is 0 Å². The number of furan rings is 1. The number of benzene rings is 2. The lowest BCUT2D eigenvalue weighted by Gasteiger charge is -2.38. The van der Waals surface area contributed by atoms with Gasteiger partial charge in [-0.25, -0.2) is 0 Å². The van der Waals surface area contributed by atoms with Gasteiger partial charge in [-0.15, -0.1) is 0 Å². The van der Waals surface area contributed by atoms with Crippen LogP contribution in [0.2, 0.25) is 0 Å². The average molecular weight is 458 g/mol. The molecule has 5 nitrogen and oxygen atoms in total. The van der Waals surface area contributed by atoms with Crippen LogP contribution in [0.25, 0.3) is 21.9 Å². The number of rotatable bonds is 7. The maximum Gasteiger partial charge on any atom is 0.270 e. The highest BCUT2D eigenvalue weighted by Crippen LogP contribution is 2.31. The van der Waals surface area contributed by atoms with E-state index in [1.54, 1.807) is 0 Å². The summed E-state index contributed by atoms with van der Waals surface area (Å²) in [7, 11) is 0. The van der Waals surface area contributed by atoms with Crippen LogP contribution in [0.3, 0.4) is 0 Å². The van der Waals surface area contributed by atoms with Crippen LogP contribution in [0.1, 0.15) is 49.9 Å². The zero-order chi connectivity index (χ0) is 23.7. The molecule has 1 saturated heterocycles. The average Bonchev–Trinajstić information content (AvgIpc) is 3.48. The molecule has 5 rings (SSSR count). The van der Waals surface area contributed by atoms with Crippen molar-refractivity contribution in [3.63, 3.8) is 0 Å². The number of carbonyl (C=O) groups excluding carboxylic acids is 1. The van der Waals surface area contributed by atoms with Gasteiger partial charge in [0.05, 0.1) is 0 Å². The second kappa shape index (κ2) is 9.30. The van der Waals surface area contributed by atoms with Gasteiger partial charge in [0.25, 0.3) is 5.91 Å². The number of carbonyl (C=O) groups is 1. The van der Waals surface area contributed by atoms with Gasteiger partial charge in [0.1, 0.15) is 17.0 Å². The number of aromatic amines is 1. The SMILES string of the molecule is CCN(CC1CCN(CC(C)(C)c2cc3ccccc3o2)CC1)C(=O)c1cc2ccccc2[nH]1. The third-order valence-electron chi connectivity index (χ3n) is 7.33. The van der Waals surface area contributed by atoms with Crippen LogP contribution in [-0.4, -0.2) is 53.4 Å². The summed E-state index contributed by atoms with van der Waals surface area (Å²) in [6.07, 6.45) is 2.24. The van der Waals surface area contributed by atoms with Crippen molar-refractivity contribution in [2.75, 3.05) is 32.7 Å². The molecule has 4 aromatic rings. The van der Waals surface area contributed by atoms with Crippen LogP contribution < -0.4 is 0 Å². The Morgan fingerprint density at radius 2 is 1.76 bits per heavy atom. The number of aromatic nitrogens is 1. The number of likely N-dealkylation sites (tertiary alicyclic amines) is 1. The molecule has 0 saturated carbocycles. The second-order valence-electron chi connectivity index (χ2n) is 10.4. The molecule has 2 aromatic carbocycles. The van der Waals surface area contributed by atoms with Gasteiger partial charge in [0.15, 0.2) is 0 Å². The molecule has 0 aliphatic carbocycles. The lowest BCUT2D eigenvalue weighted by Crippen LogP contribution is -2.44. The molecule has 1 N–H and O–H groups in total. The molecule has 0 spiro atoms. The Balaban J connectivity index is 1.17. The van der Waals surface area contributed by atoms with Crippen LogP contribution in [0, 0.1) is 5.92 Å². The van der Waals surface area contributed by atoms with E-state index < -0.39 is 0 Å². The number of nitrogens with one attached hydrogen (secondary N) is 1. The summed E-state index contributed by atoms with van der Waals surface area (Å²) in [6.45, 7) is 11.3. The predicted octanol–water partition coefficient (Wildman–Crippen LogP) is 6.07. The number of para-hydroxylation sites is 2. The maximum atomic E-state index is 13.2. The fraction of sp³-hybridized carbons (Fsp3) is 0.414. The first-order valence-corrected chi connectivity index (χ1v) is 12.5. The van der Waals surface area contributed by atoms with E-state index in [2.05, 4.69) is 48.9 Å². The van der Waals surface area contributed by atoms with Crippen molar-refractivity contribution < 1.29 is 9.21 Å². The second-order valence-corrected chi connectivity index (χ2v) is 10.4. The van der Waals surface area contributed by atoms with Crippen LogP contribution in [-0.2, 0) is 5.41 Å². The fourth-order valence-electron chi connectivity index (χ4n) is 5.31. The molecule has 34 heavy (non-hydrogen) atoms. The summed E-state index contributed by atoms with van der Waals surface area (Å²) < 4.78 is 6.18. The van der Waals surface area contributed by atoms with Crippen molar-refractivity contribution in [2.24, 2.45) is 5.92 Å². The lowest BCUT2D eigenvalue weighted by atomic mass is 9.87. The molecule has 1 aliphatic heterocycles. The van der Waals surface area contributed by atoms with Gasteiger partial charge < -0.3 is 19.2 Å². The minimum Gasteiger partial charge on any atom is -0.460 e. The first-order chi connectivity index (χ1) is 16.4. The van der Waals surface area contributed by atoms with E-state index in [4.69, 9.17) is 4.42 Å². The number of fused-ring (bicyclic) bond motifs is 2. The third-order valence-corrected chi connectivity index (χ3v) is 7.33. The molecule has 1 aliphatic rings. The molecule has 0 radical (unpaired) electrons. The highest BCUT2D eigenvalue weighted by Gasteiger charge is 2.31. The molecule has 1 amide bonds. The van der Waals surface area contributed by atoms with Crippen LogP contribution in [0.4, 0.5) is 0 Å². The summed E-state index contributed by atoms with van der Waals surface area (Å²) in [5.74, 6) is 1.70. The highest BCUT2D eigenvalue weighted by molar-refractivity contribution is 5.98. The van der Waals surface area contributed by atoms with Crippen LogP contribution in [0.15, 0.2) is 65.1 Å². The Labute approximate surface area is 201 Å². The van der Waals surface area contributed by atoms with E-state index in [9.17, 15) is 4.79 Å². The Hall–Kier alpha value is -3.05. The maximum absolute atomic E-state index is 13.2. The Bertz CT molecular complexity index is 1210. The third kappa shape index (κ3) is 4.62. The quantitative estimate of drug-likeness (QED) is 0.367. The van der Waals surface area contributed by atoms with E-state index in [0.717, 1.165) is 67.8 Å². The number of piperidine rings is 1. The Morgan fingerprint density at radius 1 is 1.06 bits per heavy atom. The minimum absolute atomic E-state index is 0.0487. The smallest absolute Gasteiger partial charge is 0.270 e. The summed E-state index contributed by atoms with van der Waals surface area (Å²) in [4.78, 5) is 21.0. The van der Waals surface area contributed by atoms with Crippen molar-refractivity contribution in [3.05, 3.63) is 72.1 Å². The molecular formula is C29H35N3O2. The van der Waals surface area contributed by atoms with Gasteiger partial charge in [-0.05, 0) is 63.0 Å². The Kier molecular flexibility index (Phi) is 6.22. The molecule has 5 heteroatoms. The highest BCUT2D eigenvalue weighted by atomic mass is 16.3. The standard InChI is InChI=1S/C29H35N3O2/c1-4-32(28(33)25-17-22-9-5-7-11-24(22)30-25)19-21-13-15-31(16-14-21)20-29(2,3)27-18-23-10-6-8-12-26(23)34-27/h5-12,17-18,21,30H,4,13-16,19-20H2,1-3H3. The van der Waals surface area contributed by atoms with Gasteiger partial charge in [0.2, 0.25) is 0 Å². The van der Waals surface area contributed by atoms with Crippen LogP contribution >= 0.6 is 0 Å². The lowest BCUT2D eigenvalue weighted by molar-refractivity contribution is 0.0686. The van der Waals surface area contributed by atoms with E-state index in [-0.39, 0.29) is 11.3 Å². The number of H-pyrrole nitrogens is 1. The molecular weight excluding hydrogens is 422 g/mol. The monoisotopic (exact) mass is 457 g/mol. The summed E-state index contributed by atoms with van der Waals surface area (Å²) in [5, 5.41) is 2.26. The van der Waals surface area contributed by atoms with Crippen molar-refractivity contribution in [1.82, 2.24) is 14.8 Å². The topological polar surface area (TPSA) is 52.5 Å². The van der Waals surface area contributed by atoms with E-state index in [1.807, 2.05) is 47.4 Å².